The van der Waals surface area contributed by atoms with Crippen LogP contribution in [-0.2, 0) is 6.42 Å². The van der Waals surface area contributed by atoms with E-state index < -0.39 is 0 Å². The molecule has 1 N–H and O–H groups in total. The minimum absolute atomic E-state index is 0.0584. The highest BCUT2D eigenvalue weighted by Crippen LogP contribution is 2.39. The summed E-state index contributed by atoms with van der Waals surface area (Å²) in [5.41, 5.74) is 2.51. The van der Waals surface area contributed by atoms with Crippen LogP contribution in [0.5, 0.6) is 0 Å². The van der Waals surface area contributed by atoms with E-state index in [1.807, 2.05) is 6.07 Å². The molecule has 98 valence electrons. The van der Waals surface area contributed by atoms with Gasteiger partial charge in [-0.3, -0.25) is 0 Å². The maximum Gasteiger partial charge on any atom is 0.126 e. The molecule has 1 aliphatic carbocycles. The van der Waals surface area contributed by atoms with Crippen molar-refractivity contribution < 1.29 is 4.39 Å². The summed E-state index contributed by atoms with van der Waals surface area (Å²) < 4.78 is 13.7. The monoisotopic (exact) mass is 295 g/mol. The minimum atomic E-state index is -0.132. The average molecular weight is 296 g/mol. The van der Waals surface area contributed by atoms with Gasteiger partial charge in [0.05, 0.1) is 21.8 Å². The molecule has 0 aromatic heterocycles. The van der Waals surface area contributed by atoms with Crippen LogP contribution in [0.25, 0.3) is 0 Å². The first-order chi connectivity index (χ1) is 9.16. The molecule has 0 fully saturated rings. The second-order valence-electron chi connectivity index (χ2n) is 4.64. The van der Waals surface area contributed by atoms with Crippen molar-refractivity contribution in [2.24, 2.45) is 0 Å². The van der Waals surface area contributed by atoms with Gasteiger partial charge >= 0.3 is 0 Å². The first kappa shape index (κ1) is 12.8. The molecule has 2 aromatic rings. The fourth-order valence-corrected chi connectivity index (χ4v) is 3.08. The SMILES string of the molecule is Fc1cccc2c1CCC2Nc1c(Cl)cccc1Cl. The summed E-state index contributed by atoms with van der Waals surface area (Å²) in [6.45, 7) is 0. The lowest BCUT2D eigenvalue weighted by atomic mass is 10.1. The second-order valence-corrected chi connectivity index (χ2v) is 5.45. The third kappa shape index (κ3) is 2.31. The van der Waals surface area contributed by atoms with Crippen LogP contribution >= 0.6 is 23.2 Å². The van der Waals surface area contributed by atoms with Crippen molar-refractivity contribution >= 4 is 28.9 Å². The molecule has 1 nitrogen and oxygen atoms in total. The number of hydrogen-bond donors (Lipinski definition) is 1. The number of anilines is 1. The van der Waals surface area contributed by atoms with E-state index in [0.717, 1.165) is 24.0 Å². The summed E-state index contributed by atoms with van der Waals surface area (Å²) in [7, 11) is 0. The predicted molar refractivity (Wildman–Crippen MR) is 77.5 cm³/mol. The van der Waals surface area contributed by atoms with Gasteiger partial charge in [-0.05, 0) is 42.2 Å². The van der Waals surface area contributed by atoms with E-state index in [2.05, 4.69) is 5.32 Å². The number of para-hydroxylation sites is 1. The van der Waals surface area contributed by atoms with Gasteiger partial charge in [0.15, 0.2) is 0 Å². The molecule has 1 atom stereocenters. The van der Waals surface area contributed by atoms with Gasteiger partial charge in [-0.1, -0.05) is 41.4 Å². The Balaban J connectivity index is 1.93. The molecule has 0 saturated heterocycles. The van der Waals surface area contributed by atoms with Gasteiger partial charge in [0.1, 0.15) is 5.82 Å². The van der Waals surface area contributed by atoms with E-state index in [-0.39, 0.29) is 11.9 Å². The maximum atomic E-state index is 13.7. The van der Waals surface area contributed by atoms with Crippen molar-refractivity contribution in [3.63, 3.8) is 0 Å². The van der Waals surface area contributed by atoms with Crippen LogP contribution in [0.1, 0.15) is 23.6 Å². The summed E-state index contributed by atoms with van der Waals surface area (Å²) in [6, 6.07) is 10.6. The Kier molecular flexibility index (Phi) is 3.38. The Morgan fingerprint density at radius 2 is 1.74 bits per heavy atom. The van der Waals surface area contributed by atoms with Gasteiger partial charge in [-0.15, -0.1) is 0 Å². The lowest BCUT2D eigenvalue weighted by Crippen LogP contribution is -2.08. The van der Waals surface area contributed by atoms with Gasteiger partial charge in [0, 0.05) is 0 Å². The van der Waals surface area contributed by atoms with E-state index in [4.69, 9.17) is 23.2 Å². The molecule has 2 aromatic carbocycles. The van der Waals surface area contributed by atoms with E-state index in [9.17, 15) is 4.39 Å². The lowest BCUT2D eigenvalue weighted by Gasteiger charge is -2.17. The molecule has 0 aliphatic heterocycles. The normalized spacial score (nSPS) is 17.3. The van der Waals surface area contributed by atoms with Gasteiger partial charge in [-0.25, -0.2) is 4.39 Å². The standard InChI is InChI=1S/C15H12Cl2FN/c16-11-4-2-5-12(17)15(11)19-14-8-7-9-10(14)3-1-6-13(9)18/h1-6,14,19H,7-8H2. The van der Waals surface area contributed by atoms with Gasteiger partial charge in [0.25, 0.3) is 0 Å². The molecule has 0 radical (unpaired) electrons. The fraction of sp³-hybridized carbons (Fsp3) is 0.200. The summed E-state index contributed by atoms with van der Waals surface area (Å²) in [4.78, 5) is 0. The van der Waals surface area contributed by atoms with Crippen LogP contribution in [0.3, 0.4) is 0 Å². The number of hydrogen-bond acceptors (Lipinski definition) is 1. The van der Waals surface area contributed by atoms with Crippen molar-refractivity contribution in [3.05, 3.63) is 63.4 Å². The highest BCUT2D eigenvalue weighted by molar-refractivity contribution is 6.39. The zero-order chi connectivity index (χ0) is 13.4. The van der Waals surface area contributed by atoms with Crippen LogP contribution < -0.4 is 5.32 Å². The van der Waals surface area contributed by atoms with Crippen LogP contribution in [0.15, 0.2) is 36.4 Å². The largest absolute Gasteiger partial charge is 0.376 e. The third-order valence-corrected chi connectivity index (χ3v) is 4.12. The minimum Gasteiger partial charge on any atom is -0.376 e. The molecule has 0 amide bonds. The smallest absolute Gasteiger partial charge is 0.126 e. The van der Waals surface area contributed by atoms with Crippen molar-refractivity contribution in [3.8, 4) is 0 Å². The first-order valence-corrected chi connectivity index (χ1v) is 6.90. The Bertz CT molecular complexity index is 607. The zero-order valence-electron chi connectivity index (χ0n) is 10.1. The fourth-order valence-electron chi connectivity index (χ4n) is 2.57. The zero-order valence-corrected chi connectivity index (χ0v) is 11.6. The summed E-state index contributed by atoms with van der Waals surface area (Å²) >= 11 is 12.3. The quantitative estimate of drug-likeness (QED) is 0.800. The van der Waals surface area contributed by atoms with Crippen LogP contribution in [0, 0.1) is 5.82 Å². The summed E-state index contributed by atoms with van der Waals surface area (Å²) in [5, 5.41) is 4.49. The summed E-state index contributed by atoms with van der Waals surface area (Å²) in [5.74, 6) is -0.132. The van der Waals surface area contributed by atoms with Gasteiger partial charge in [-0.2, -0.15) is 0 Å². The Labute approximate surface area is 121 Å². The number of nitrogens with one attached hydrogen (secondary N) is 1. The molecule has 0 saturated carbocycles. The topological polar surface area (TPSA) is 12.0 Å². The van der Waals surface area contributed by atoms with E-state index in [1.165, 1.54) is 6.07 Å². The molecule has 0 heterocycles. The predicted octanol–water partition coefficient (Wildman–Crippen LogP) is 5.23. The van der Waals surface area contributed by atoms with Crippen molar-refractivity contribution in [1.29, 1.82) is 0 Å². The van der Waals surface area contributed by atoms with E-state index in [0.29, 0.717) is 15.7 Å². The van der Waals surface area contributed by atoms with Gasteiger partial charge in [0.2, 0.25) is 0 Å². The maximum absolute atomic E-state index is 13.7. The molecule has 0 bridgehead atoms. The number of halogens is 3. The van der Waals surface area contributed by atoms with Crippen LogP contribution in [-0.4, -0.2) is 0 Å². The van der Waals surface area contributed by atoms with Gasteiger partial charge < -0.3 is 5.32 Å². The summed E-state index contributed by atoms with van der Waals surface area (Å²) in [6.07, 6.45) is 1.58. The highest BCUT2D eigenvalue weighted by Gasteiger charge is 2.25. The second kappa shape index (κ2) is 5.03. The van der Waals surface area contributed by atoms with Crippen molar-refractivity contribution in [2.75, 3.05) is 5.32 Å². The highest BCUT2D eigenvalue weighted by atomic mass is 35.5. The Morgan fingerprint density at radius 3 is 2.47 bits per heavy atom. The molecule has 3 rings (SSSR count). The Morgan fingerprint density at radius 1 is 1.05 bits per heavy atom. The van der Waals surface area contributed by atoms with Crippen LogP contribution in [0.2, 0.25) is 10.0 Å². The van der Waals surface area contributed by atoms with E-state index >= 15 is 0 Å². The molecule has 19 heavy (non-hydrogen) atoms. The first-order valence-electron chi connectivity index (χ1n) is 6.14. The number of rotatable bonds is 2. The molecule has 4 heteroatoms. The van der Waals surface area contributed by atoms with Crippen molar-refractivity contribution in [2.45, 2.75) is 18.9 Å². The average Bonchev–Trinajstić information content (AvgIpc) is 2.79. The molecule has 0 spiro atoms. The number of benzene rings is 2. The van der Waals surface area contributed by atoms with Crippen molar-refractivity contribution in [1.82, 2.24) is 0 Å². The Hall–Kier alpha value is -1.25. The van der Waals surface area contributed by atoms with Crippen LogP contribution in [0.4, 0.5) is 10.1 Å². The molecular formula is C15H12Cl2FN. The number of fused-ring (bicyclic) bond motifs is 1. The third-order valence-electron chi connectivity index (χ3n) is 3.49. The molecule has 1 unspecified atom stereocenters. The van der Waals surface area contributed by atoms with E-state index in [1.54, 1.807) is 24.3 Å². The molecular weight excluding hydrogens is 284 g/mol. The lowest BCUT2D eigenvalue weighted by molar-refractivity contribution is 0.612. The molecule has 1 aliphatic rings.